The summed E-state index contributed by atoms with van der Waals surface area (Å²) >= 11 is 0. The first-order chi connectivity index (χ1) is 14.0. The summed E-state index contributed by atoms with van der Waals surface area (Å²) in [6, 6.07) is 7.38. The lowest BCUT2D eigenvalue weighted by Gasteiger charge is -2.44. The van der Waals surface area contributed by atoms with Gasteiger partial charge in [0.05, 0.1) is 17.5 Å². The highest BCUT2D eigenvalue weighted by Gasteiger charge is 2.35. The number of benzene rings is 1. The van der Waals surface area contributed by atoms with Gasteiger partial charge in [-0.15, -0.1) is 0 Å². The zero-order valence-electron chi connectivity index (χ0n) is 16.8. The Kier molecular flexibility index (Phi) is 5.65. The number of hydrogen-bond donors (Lipinski definition) is 0. The maximum absolute atomic E-state index is 12.7. The third kappa shape index (κ3) is 4.04. The summed E-state index contributed by atoms with van der Waals surface area (Å²) in [4.78, 5) is 39.2. The van der Waals surface area contributed by atoms with Crippen LogP contribution in [0, 0.1) is 5.92 Å². The Morgan fingerprint density at radius 1 is 1.10 bits per heavy atom. The molecule has 7 nitrogen and oxygen atoms in total. The SMILES string of the molecule is Cn1nc(CC(=O)OCC(=O)N2CCC[C@H]3CCCC[C@@H]32)c2ccccc2c1=O. The van der Waals surface area contributed by atoms with Crippen LogP contribution in [-0.4, -0.2) is 45.8 Å². The number of rotatable bonds is 4. The summed E-state index contributed by atoms with van der Waals surface area (Å²) in [5.41, 5.74) is 0.269. The number of nitrogens with zero attached hydrogens (tertiary/aromatic N) is 3. The second kappa shape index (κ2) is 8.35. The van der Waals surface area contributed by atoms with E-state index in [1.807, 2.05) is 4.90 Å². The van der Waals surface area contributed by atoms with Gasteiger partial charge in [-0.3, -0.25) is 14.4 Å². The molecule has 1 aromatic carbocycles. The molecule has 2 aliphatic rings. The van der Waals surface area contributed by atoms with Crippen molar-refractivity contribution in [2.75, 3.05) is 13.2 Å². The van der Waals surface area contributed by atoms with Crippen molar-refractivity contribution in [3.8, 4) is 0 Å². The van der Waals surface area contributed by atoms with Crippen molar-refractivity contribution in [2.24, 2.45) is 13.0 Å². The van der Waals surface area contributed by atoms with Gasteiger partial charge >= 0.3 is 5.97 Å². The quantitative estimate of drug-likeness (QED) is 0.739. The number of aromatic nitrogens is 2. The van der Waals surface area contributed by atoms with Crippen LogP contribution in [0.25, 0.3) is 10.8 Å². The van der Waals surface area contributed by atoms with Gasteiger partial charge in [0.15, 0.2) is 6.61 Å². The minimum Gasteiger partial charge on any atom is -0.455 e. The molecule has 2 aromatic rings. The zero-order chi connectivity index (χ0) is 20.4. The standard InChI is InChI=1S/C22H27N3O4/c1-24-22(28)17-10-4-3-9-16(17)18(23-24)13-21(27)29-14-20(26)25-12-6-8-15-7-2-5-11-19(15)25/h3-4,9-10,15,19H,2,5-8,11-14H2,1H3/t15-,19+/m1/s1. The molecule has 0 spiro atoms. The van der Waals surface area contributed by atoms with Gasteiger partial charge in [0.25, 0.3) is 11.5 Å². The van der Waals surface area contributed by atoms with Gasteiger partial charge in [-0.1, -0.05) is 31.0 Å². The molecule has 2 atom stereocenters. The third-order valence-corrected chi connectivity index (χ3v) is 6.26. The molecule has 1 aliphatic heterocycles. The van der Waals surface area contributed by atoms with Gasteiger partial charge in [0.1, 0.15) is 0 Å². The maximum atomic E-state index is 12.7. The number of fused-ring (bicyclic) bond motifs is 2. The van der Waals surface area contributed by atoms with E-state index < -0.39 is 5.97 Å². The Morgan fingerprint density at radius 2 is 1.83 bits per heavy atom. The van der Waals surface area contributed by atoms with E-state index in [9.17, 15) is 14.4 Å². The van der Waals surface area contributed by atoms with Crippen molar-refractivity contribution in [3.05, 3.63) is 40.3 Å². The summed E-state index contributed by atoms with van der Waals surface area (Å²) in [5.74, 6) is -0.0154. The number of piperidine rings is 1. The fourth-order valence-corrected chi connectivity index (χ4v) is 4.85. The van der Waals surface area contributed by atoms with Gasteiger partial charge in [0, 0.05) is 25.0 Å². The lowest BCUT2D eigenvalue weighted by atomic mass is 9.78. The molecule has 1 aliphatic carbocycles. The largest absolute Gasteiger partial charge is 0.455 e. The molecular weight excluding hydrogens is 370 g/mol. The maximum Gasteiger partial charge on any atom is 0.312 e. The fraction of sp³-hybridized carbons (Fsp3) is 0.545. The number of esters is 1. The van der Waals surface area contributed by atoms with E-state index in [1.54, 1.807) is 31.3 Å². The van der Waals surface area contributed by atoms with Crippen LogP contribution in [0.15, 0.2) is 29.1 Å². The van der Waals surface area contributed by atoms with Crippen molar-refractivity contribution in [3.63, 3.8) is 0 Å². The minimum absolute atomic E-state index is 0.0754. The number of aryl methyl sites for hydroxylation is 1. The average Bonchev–Trinajstić information content (AvgIpc) is 2.75. The molecule has 0 N–H and O–H groups in total. The number of likely N-dealkylation sites (tertiary alicyclic amines) is 1. The van der Waals surface area contributed by atoms with Crippen LogP contribution in [0.1, 0.15) is 44.2 Å². The highest BCUT2D eigenvalue weighted by Crippen LogP contribution is 2.35. The molecule has 1 aromatic heterocycles. The molecule has 154 valence electrons. The van der Waals surface area contributed by atoms with Gasteiger partial charge in [-0.25, -0.2) is 4.68 Å². The Balaban J connectivity index is 1.40. The molecule has 1 amide bonds. The highest BCUT2D eigenvalue weighted by atomic mass is 16.5. The summed E-state index contributed by atoms with van der Waals surface area (Å²) in [5, 5.41) is 5.37. The smallest absolute Gasteiger partial charge is 0.312 e. The monoisotopic (exact) mass is 397 g/mol. The second-order valence-corrected chi connectivity index (χ2v) is 8.10. The Labute approximate surface area is 169 Å². The predicted octanol–water partition coefficient (Wildman–Crippen LogP) is 2.20. The number of amides is 1. The Morgan fingerprint density at radius 3 is 2.66 bits per heavy atom. The zero-order valence-corrected chi connectivity index (χ0v) is 16.8. The van der Waals surface area contributed by atoms with Crippen molar-refractivity contribution in [1.29, 1.82) is 0 Å². The molecule has 0 radical (unpaired) electrons. The van der Waals surface area contributed by atoms with Crippen LogP contribution in [-0.2, 0) is 27.8 Å². The minimum atomic E-state index is -0.508. The normalized spacial score (nSPS) is 21.6. The lowest BCUT2D eigenvalue weighted by Crippen LogP contribution is -2.50. The number of ether oxygens (including phenoxy) is 1. The second-order valence-electron chi connectivity index (χ2n) is 8.10. The van der Waals surface area contributed by atoms with Crippen LogP contribution in [0.3, 0.4) is 0 Å². The van der Waals surface area contributed by atoms with Gasteiger partial charge in [0.2, 0.25) is 0 Å². The molecule has 2 fully saturated rings. The molecule has 1 saturated carbocycles. The summed E-state index contributed by atoms with van der Waals surface area (Å²) in [7, 11) is 1.56. The summed E-state index contributed by atoms with van der Waals surface area (Å²) in [6.45, 7) is 0.524. The Hall–Kier alpha value is -2.70. The van der Waals surface area contributed by atoms with Crippen LogP contribution >= 0.6 is 0 Å². The van der Waals surface area contributed by atoms with E-state index in [2.05, 4.69) is 5.10 Å². The first-order valence-corrected chi connectivity index (χ1v) is 10.4. The first-order valence-electron chi connectivity index (χ1n) is 10.4. The van der Waals surface area contributed by atoms with Crippen molar-refractivity contribution in [1.82, 2.24) is 14.7 Å². The lowest BCUT2D eigenvalue weighted by molar-refractivity contribution is -0.154. The third-order valence-electron chi connectivity index (χ3n) is 6.26. The van der Waals surface area contributed by atoms with E-state index in [0.717, 1.165) is 25.8 Å². The van der Waals surface area contributed by atoms with E-state index in [4.69, 9.17) is 4.74 Å². The fourth-order valence-electron chi connectivity index (χ4n) is 4.85. The summed E-state index contributed by atoms with van der Waals surface area (Å²) < 4.78 is 6.53. The van der Waals surface area contributed by atoms with E-state index in [-0.39, 0.29) is 24.5 Å². The Bertz CT molecular complexity index is 982. The van der Waals surface area contributed by atoms with Crippen LogP contribution in [0.2, 0.25) is 0 Å². The molecule has 4 rings (SSSR count). The topological polar surface area (TPSA) is 81.5 Å². The van der Waals surface area contributed by atoms with Crippen LogP contribution in [0.5, 0.6) is 0 Å². The average molecular weight is 397 g/mol. The molecular formula is C22H27N3O4. The molecule has 1 saturated heterocycles. The highest BCUT2D eigenvalue weighted by molar-refractivity contribution is 5.87. The van der Waals surface area contributed by atoms with Gasteiger partial charge < -0.3 is 9.64 Å². The van der Waals surface area contributed by atoms with E-state index >= 15 is 0 Å². The van der Waals surface area contributed by atoms with Crippen molar-refractivity contribution >= 4 is 22.6 Å². The van der Waals surface area contributed by atoms with Gasteiger partial charge in [-0.2, -0.15) is 5.10 Å². The molecule has 29 heavy (non-hydrogen) atoms. The predicted molar refractivity (Wildman–Crippen MR) is 108 cm³/mol. The summed E-state index contributed by atoms with van der Waals surface area (Å²) in [6.07, 6.45) is 6.80. The first kappa shape index (κ1) is 19.6. The van der Waals surface area contributed by atoms with Crippen LogP contribution in [0.4, 0.5) is 0 Å². The number of carbonyl (C=O) groups is 2. The molecule has 7 heteroatoms. The van der Waals surface area contributed by atoms with Crippen molar-refractivity contribution in [2.45, 2.75) is 51.0 Å². The number of hydrogen-bond acceptors (Lipinski definition) is 5. The van der Waals surface area contributed by atoms with E-state index in [1.165, 1.54) is 23.9 Å². The van der Waals surface area contributed by atoms with Gasteiger partial charge in [-0.05, 0) is 37.7 Å². The van der Waals surface area contributed by atoms with E-state index in [0.29, 0.717) is 28.4 Å². The molecule has 0 bridgehead atoms. The van der Waals surface area contributed by atoms with Crippen molar-refractivity contribution < 1.29 is 14.3 Å². The molecule has 2 heterocycles. The van der Waals surface area contributed by atoms with Crippen LogP contribution < -0.4 is 5.56 Å². The number of carbonyl (C=O) groups excluding carboxylic acids is 2. The molecule has 0 unspecified atom stereocenters.